The Bertz CT molecular complexity index is 1180. The molecule has 0 aromatic carbocycles. The average Bonchev–Trinajstić information content (AvgIpc) is 3.43. The Morgan fingerprint density at radius 3 is 2.10 bits per heavy atom. The van der Waals surface area contributed by atoms with Crippen molar-refractivity contribution in [3.8, 4) is 0 Å². The fourth-order valence-electron chi connectivity index (χ4n) is 10.7. The molecule has 4 aliphatic carbocycles. The van der Waals surface area contributed by atoms with Crippen molar-refractivity contribution >= 4 is 5.97 Å². The molecule has 0 aliphatic heterocycles. The van der Waals surface area contributed by atoms with Gasteiger partial charge in [0.1, 0.15) is 6.10 Å². The second-order valence-corrected chi connectivity index (χ2v) is 17.2. The third-order valence-electron chi connectivity index (χ3n) is 13.5. The number of fused-ring (bicyclic) bond motifs is 5. The van der Waals surface area contributed by atoms with Gasteiger partial charge in [0.15, 0.2) is 0 Å². The molecule has 4 aliphatic rings. The molecule has 3 saturated carbocycles. The van der Waals surface area contributed by atoms with Crippen molar-refractivity contribution in [1.82, 2.24) is 0 Å². The second-order valence-electron chi connectivity index (χ2n) is 17.2. The van der Waals surface area contributed by atoms with Gasteiger partial charge in [0.2, 0.25) is 0 Å². The van der Waals surface area contributed by atoms with Crippen molar-refractivity contribution in [2.75, 3.05) is 0 Å². The van der Waals surface area contributed by atoms with Crippen molar-refractivity contribution in [2.45, 2.75) is 170 Å². The quantitative estimate of drug-likeness (QED) is 0.0776. The number of unbranched alkanes of at least 4 members (excludes halogenated alkanes) is 1. The summed E-state index contributed by atoms with van der Waals surface area (Å²) in [5, 5.41) is 0. The maximum Gasteiger partial charge on any atom is 0.306 e. The number of esters is 1. The molecule has 0 spiro atoms. The molecule has 0 bridgehead atoms. The van der Waals surface area contributed by atoms with Crippen molar-refractivity contribution in [1.29, 1.82) is 0 Å². The monoisotopic (exact) mass is 671 g/mol. The van der Waals surface area contributed by atoms with E-state index < -0.39 is 0 Å². The van der Waals surface area contributed by atoms with Gasteiger partial charge < -0.3 is 4.74 Å². The Hall–Kier alpha value is -2.09. The van der Waals surface area contributed by atoms with Crippen LogP contribution in [0.25, 0.3) is 0 Å². The first kappa shape index (κ1) is 39.7. The summed E-state index contributed by atoms with van der Waals surface area (Å²) < 4.78 is 6.09. The van der Waals surface area contributed by atoms with E-state index in [2.05, 4.69) is 108 Å². The minimum atomic E-state index is 0.00295. The van der Waals surface area contributed by atoms with E-state index in [1.165, 1.54) is 57.8 Å². The van der Waals surface area contributed by atoms with E-state index in [-0.39, 0.29) is 12.1 Å². The van der Waals surface area contributed by atoms with Crippen LogP contribution in [0.3, 0.4) is 0 Å². The van der Waals surface area contributed by atoms with Crippen LogP contribution in [0.5, 0.6) is 0 Å². The lowest BCUT2D eigenvalue weighted by Gasteiger charge is -2.58. The van der Waals surface area contributed by atoms with E-state index >= 15 is 0 Å². The lowest BCUT2D eigenvalue weighted by Crippen LogP contribution is -2.51. The van der Waals surface area contributed by atoms with Crippen LogP contribution in [-0.4, -0.2) is 12.1 Å². The van der Waals surface area contributed by atoms with Crippen LogP contribution >= 0.6 is 0 Å². The molecule has 8 atom stereocenters. The second kappa shape index (κ2) is 20.1. The van der Waals surface area contributed by atoms with Crippen LogP contribution in [0.1, 0.15) is 164 Å². The molecule has 0 aromatic heterocycles. The molecule has 2 nitrogen and oxygen atoms in total. The number of carbonyl (C=O) groups is 1. The van der Waals surface area contributed by atoms with Gasteiger partial charge >= 0.3 is 5.97 Å². The fraction of sp³-hybridized carbons (Fsp3) is 0.723. The summed E-state index contributed by atoms with van der Waals surface area (Å²) in [4.78, 5) is 12.8. The highest BCUT2D eigenvalue weighted by molar-refractivity contribution is 5.69. The topological polar surface area (TPSA) is 26.3 Å². The van der Waals surface area contributed by atoms with E-state index in [0.29, 0.717) is 17.3 Å². The number of hydrogen-bond donors (Lipinski definition) is 0. The first-order valence-corrected chi connectivity index (χ1v) is 20.8. The third-order valence-corrected chi connectivity index (χ3v) is 13.5. The summed E-state index contributed by atoms with van der Waals surface area (Å²) in [6, 6.07) is 0. The predicted molar refractivity (Wildman–Crippen MR) is 211 cm³/mol. The first-order valence-electron chi connectivity index (χ1n) is 20.8. The van der Waals surface area contributed by atoms with Gasteiger partial charge in [0.05, 0.1) is 0 Å². The van der Waals surface area contributed by atoms with Gasteiger partial charge in [0.25, 0.3) is 0 Å². The molecular weight excluding hydrogens is 597 g/mol. The van der Waals surface area contributed by atoms with Crippen LogP contribution in [0.2, 0.25) is 0 Å². The zero-order chi connectivity index (χ0) is 35.1. The molecule has 49 heavy (non-hydrogen) atoms. The van der Waals surface area contributed by atoms with Crippen molar-refractivity contribution < 1.29 is 9.53 Å². The summed E-state index contributed by atoms with van der Waals surface area (Å²) in [6.07, 6.45) is 46.8. The van der Waals surface area contributed by atoms with Gasteiger partial charge in [0, 0.05) is 12.8 Å². The maximum absolute atomic E-state index is 12.8. The molecule has 2 heteroatoms. The first-order chi connectivity index (χ1) is 23.7. The van der Waals surface area contributed by atoms with Crippen molar-refractivity contribution in [3.05, 3.63) is 72.4 Å². The summed E-state index contributed by atoms with van der Waals surface area (Å²) in [7, 11) is 0. The highest BCUT2D eigenvalue weighted by Gasteiger charge is 2.59. The molecule has 0 aromatic rings. The number of allylic oxidation sites excluding steroid dienone is 11. The standard InChI is InChI=1S/C47H74O2/c1-7-8-9-10-11-12-13-14-15-16-17-18-19-20-21-22-23-27-45(48)49-40-32-34-46(5)39(36-40)28-29-41-43-31-30-42(38(4)26-24-25-37(2)3)47(43,6)35-33-44(41)46/h8-9,11-12,14-15,17-18,20-21,28,37-38,40-44H,7,10,13,16,19,22-27,29-36H2,1-6H3/b9-8-,12-11-,15-14-,18-17-,21-20-/t38-,40+,41?,42?,43?,44?,46+,47-/m1/s1. The molecule has 3 fully saturated rings. The number of hydrogen-bond acceptors (Lipinski definition) is 2. The third kappa shape index (κ3) is 11.2. The van der Waals surface area contributed by atoms with Crippen LogP contribution in [0.15, 0.2) is 72.4 Å². The van der Waals surface area contributed by atoms with E-state index in [4.69, 9.17) is 4.74 Å². The number of carbonyl (C=O) groups excluding carboxylic acids is 1. The zero-order valence-corrected chi connectivity index (χ0v) is 32.6. The van der Waals surface area contributed by atoms with E-state index in [9.17, 15) is 4.79 Å². The summed E-state index contributed by atoms with van der Waals surface area (Å²) >= 11 is 0. The van der Waals surface area contributed by atoms with E-state index in [0.717, 1.165) is 93.3 Å². The molecule has 0 radical (unpaired) electrons. The smallest absolute Gasteiger partial charge is 0.306 e. The van der Waals surface area contributed by atoms with Gasteiger partial charge in [-0.15, -0.1) is 0 Å². The minimum Gasteiger partial charge on any atom is -0.462 e. The van der Waals surface area contributed by atoms with Gasteiger partial charge in [-0.05, 0) is 136 Å². The van der Waals surface area contributed by atoms with E-state index in [1.807, 2.05) is 0 Å². The van der Waals surface area contributed by atoms with Gasteiger partial charge in [-0.3, -0.25) is 4.79 Å². The molecule has 0 amide bonds. The molecule has 0 N–H and O–H groups in total. The van der Waals surface area contributed by atoms with Crippen LogP contribution in [0, 0.1) is 46.3 Å². The normalized spacial score (nSPS) is 32.4. The molecule has 0 heterocycles. The van der Waals surface area contributed by atoms with Crippen LogP contribution < -0.4 is 0 Å². The predicted octanol–water partition coefficient (Wildman–Crippen LogP) is 13.9. The van der Waals surface area contributed by atoms with Crippen LogP contribution in [-0.2, 0) is 9.53 Å². The Labute approximate surface area is 303 Å². The lowest BCUT2D eigenvalue weighted by molar-refractivity contribution is -0.151. The fourth-order valence-corrected chi connectivity index (χ4v) is 10.7. The maximum atomic E-state index is 12.8. The largest absolute Gasteiger partial charge is 0.462 e. The van der Waals surface area contributed by atoms with E-state index in [1.54, 1.807) is 5.57 Å². The Morgan fingerprint density at radius 1 is 0.796 bits per heavy atom. The lowest BCUT2D eigenvalue weighted by atomic mass is 9.47. The average molecular weight is 671 g/mol. The molecular formula is C47H74O2. The van der Waals surface area contributed by atoms with Crippen molar-refractivity contribution in [2.24, 2.45) is 46.3 Å². The molecule has 4 rings (SSSR count). The highest BCUT2D eigenvalue weighted by Crippen LogP contribution is 2.67. The number of ether oxygens (including phenoxy) is 1. The van der Waals surface area contributed by atoms with Crippen LogP contribution in [0.4, 0.5) is 0 Å². The van der Waals surface area contributed by atoms with Gasteiger partial charge in [-0.2, -0.15) is 0 Å². The van der Waals surface area contributed by atoms with Gasteiger partial charge in [-0.25, -0.2) is 0 Å². The summed E-state index contributed by atoms with van der Waals surface area (Å²) in [5.41, 5.74) is 2.48. The summed E-state index contributed by atoms with van der Waals surface area (Å²) in [6.45, 7) is 14.8. The minimum absolute atomic E-state index is 0.00295. The Morgan fingerprint density at radius 2 is 1.45 bits per heavy atom. The van der Waals surface area contributed by atoms with Crippen molar-refractivity contribution in [3.63, 3.8) is 0 Å². The molecule has 4 unspecified atom stereocenters. The Balaban J connectivity index is 1.13. The summed E-state index contributed by atoms with van der Waals surface area (Å²) in [5.74, 6) is 5.20. The number of rotatable bonds is 19. The molecule has 274 valence electrons. The molecule has 0 saturated heterocycles. The Kier molecular flexibility index (Phi) is 16.3. The zero-order valence-electron chi connectivity index (χ0n) is 32.6. The SMILES string of the molecule is CC/C=C\C/C=C\C/C=C\C/C=C\C/C=C\CCCC(=O)O[C@H]1CC[C@@]2(C)C(=CCC3C4CCC([C@H](C)CCCC(C)C)[C@@]4(C)CCC32)C1. The van der Waals surface area contributed by atoms with Gasteiger partial charge in [-0.1, -0.05) is 133 Å². The highest BCUT2D eigenvalue weighted by atomic mass is 16.5.